The summed E-state index contributed by atoms with van der Waals surface area (Å²) in [6.07, 6.45) is 4.56. The molecule has 1 heterocycles. The van der Waals surface area contributed by atoms with Gasteiger partial charge in [0.2, 0.25) is 0 Å². The molecule has 1 unspecified atom stereocenters. The van der Waals surface area contributed by atoms with Crippen LogP contribution in [0.25, 0.3) is 0 Å². The Bertz CT molecular complexity index is 304. The Morgan fingerprint density at radius 1 is 1.33 bits per heavy atom. The van der Waals surface area contributed by atoms with E-state index < -0.39 is 0 Å². The van der Waals surface area contributed by atoms with E-state index >= 15 is 0 Å². The number of nitrogens with zero attached hydrogens (tertiary/aromatic N) is 1. The van der Waals surface area contributed by atoms with Gasteiger partial charge >= 0.3 is 0 Å². The second-order valence-corrected chi connectivity index (χ2v) is 4.40. The summed E-state index contributed by atoms with van der Waals surface area (Å²) < 4.78 is 0. The number of rotatable bonds is 4. The topological polar surface area (TPSA) is 3.24 Å². The standard InChI is InChI=1S/C14H19N/c1-2-6-13-9-10-15(11-13)12-14-7-4-3-5-8-14/h2-5,7-8,13H,1,6,9-12H2. The molecule has 1 saturated heterocycles. The summed E-state index contributed by atoms with van der Waals surface area (Å²) in [5.74, 6) is 0.839. The molecule has 0 saturated carbocycles. The van der Waals surface area contributed by atoms with Crippen molar-refractivity contribution in [3.05, 3.63) is 48.6 Å². The lowest BCUT2D eigenvalue weighted by molar-refractivity contribution is 0.317. The quantitative estimate of drug-likeness (QED) is 0.677. The van der Waals surface area contributed by atoms with Crippen molar-refractivity contribution in [2.24, 2.45) is 5.92 Å². The molecule has 1 aliphatic heterocycles. The molecule has 1 nitrogen and oxygen atoms in total. The smallest absolute Gasteiger partial charge is 0.0233 e. The minimum atomic E-state index is 0.839. The van der Waals surface area contributed by atoms with E-state index in [1.54, 1.807) is 0 Å². The molecule has 0 aromatic heterocycles. The maximum absolute atomic E-state index is 3.81. The number of allylic oxidation sites excluding steroid dienone is 1. The maximum atomic E-state index is 3.81. The van der Waals surface area contributed by atoms with Gasteiger partial charge in [0, 0.05) is 13.1 Å². The summed E-state index contributed by atoms with van der Waals surface area (Å²) in [6.45, 7) is 7.40. The third-order valence-electron chi connectivity index (χ3n) is 3.12. The Hall–Kier alpha value is -1.08. The molecular formula is C14H19N. The van der Waals surface area contributed by atoms with Crippen LogP contribution < -0.4 is 0 Å². The molecule has 0 bridgehead atoms. The van der Waals surface area contributed by atoms with Crippen molar-refractivity contribution in [1.29, 1.82) is 0 Å². The van der Waals surface area contributed by atoms with Gasteiger partial charge in [-0.15, -0.1) is 6.58 Å². The van der Waals surface area contributed by atoms with E-state index in [0.717, 1.165) is 12.5 Å². The maximum Gasteiger partial charge on any atom is 0.0233 e. The summed E-state index contributed by atoms with van der Waals surface area (Å²) in [5.41, 5.74) is 1.43. The van der Waals surface area contributed by atoms with E-state index in [4.69, 9.17) is 0 Å². The van der Waals surface area contributed by atoms with Crippen LogP contribution in [0.1, 0.15) is 18.4 Å². The molecular weight excluding hydrogens is 182 g/mol. The summed E-state index contributed by atoms with van der Waals surface area (Å²) in [6, 6.07) is 10.7. The van der Waals surface area contributed by atoms with Gasteiger partial charge in [0.05, 0.1) is 0 Å². The first kappa shape index (κ1) is 10.4. The highest BCUT2D eigenvalue weighted by atomic mass is 15.1. The average Bonchev–Trinajstić information content (AvgIpc) is 2.68. The van der Waals surface area contributed by atoms with Gasteiger partial charge in [-0.25, -0.2) is 0 Å². The number of benzene rings is 1. The Labute approximate surface area is 92.4 Å². The third-order valence-corrected chi connectivity index (χ3v) is 3.12. The van der Waals surface area contributed by atoms with Crippen molar-refractivity contribution < 1.29 is 0 Å². The normalized spacial score (nSPS) is 21.7. The van der Waals surface area contributed by atoms with Gasteiger partial charge in [-0.2, -0.15) is 0 Å². The molecule has 1 aromatic rings. The van der Waals surface area contributed by atoms with Gasteiger partial charge in [-0.05, 0) is 30.9 Å². The van der Waals surface area contributed by atoms with Crippen molar-refractivity contribution in [2.75, 3.05) is 13.1 Å². The van der Waals surface area contributed by atoms with Crippen LogP contribution in [0.4, 0.5) is 0 Å². The van der Waals surface area contributed by atoms with Gasteiger partial charge in [0.1, 0.15) is 0 Å². The van der Waals surface area contributed by atoms with Crippen molar-refractivity contribution in [3.8, 4) is 0 Å². The van der Waals surface area contributed by atoms with Gasteiger partial charge in [-0.3, -0.25) is 4.90 Å². The monoisotopic (exact) mass is 201 g/mol. The van der Waals surface area contributed by atoms with E-state index in [1.165, 1.54) is 31.5 Å². The highest BCUT2D eigenvalue weighted by molar-refractivity contribution is 5.14. The molecule has 80 valence electrons. The zero-order valence-electron chi connectivity index (χ0n) is 9.23. The Kier molecular flexibility index (Phi) is 3.57. The first-order valence-corrected chi connectivity index (χ1v) is 5.75. The lowest BCUT2D eigenvalue weighted by atomic mass is 10.1. The Balaban J connectivity index is 1.85. The van der Waals surface area contributed by atoms with E-state index in [1.807, 2.05) is 0 Å². The van der Waals surface area contributed by atoms with Crippen LogP contribution in [0.15, 0.2) is 43.0 Å². The zero-order chi connectivity index (χ0) is 10.5. The Morgan fingerprint density at radius 3 is 2.87 bits per heavy atom. The first-order valence-electron chi connectivity index (χ1n) is 5.75. The van der Waals surface area contributed by atoms with E-state index in [9.17, 15) is 0 Å². The fraction of sp³-hybridized carbons (Fsp3) is 0.429. The lowest BCUT2D eigenvalue weighted by Crippen LogP contribution is -2.19. The zero-order valence-corrected chi connectivity index (χ0v) is 9.23. The molecule has 1 aromatic carbocycles. The van der Waals surface area contributed by atoms with E-state index in [0.29, 0.717) is 0 Å². The average molecular weight is 201 g/mol. The van der Waals surface area contributed by atoms with Crippen LogP contribution in [-0.2, 0) is 6.54 Å². The number of hydrogen-bond donors (Lipinski definition) is 0. The van der Waals surface area contributed by atoms with Crippen molar-refractivity contribution in [1.82, 2.24) is 4.90 Å². The van der Waals surface area contributed by atoms with Crippen LogP contribution in [0, 0.1) is 5.92 Å². The highest BCUT2D eigenvalue weighted by Gasteiger charge is 2.20. The minimum Gasteiger partial charge on any atom is -0.299 e. The predicted octanol–water partition coefficient (Wildman–Crippen LogP) is 3.08. The fourth-order valence-electron chi connectivity index (χ4n) is 2.33. The predicted molar refractivity (Wildman–Crippen MR) is 64.6 cm³/mol. The molecule has 0 aliphatic carbocycles. The molecule has 1 aliphatic rings. The molecule has 1 heteroatoms. The van der Waals surface area contributed by atoms with Crippen molar-refractivity contribution >= 4 is 0 Å². The minimum absolute atomic E-state index is 0.839. The van der Waals surface area contributed by atoms with Crippen LogP contribution >= 0.6 is 0 Å². The van der Waals surface area contributed by atoms with Crippen LogP contribution in [0.5, 0.6) is 0 Å². The van der Waals surface area contributed by atoms with E-state index in [2.05, 4.69) is 47.9 Å². The van der Waals surface area contributed by atoms with Crippen LogP contribution in [0.3, 0.4) is 0 Å². The summed E-state index contributed by atoms with van der Waals surface area (Å²) in [7, 11) is 0. The second-order valence-electron chi connectivity index (χ2n) is 4.40. The lowest BCUT2D eigenvalue weighted by Gasteiger charge is -2.15. The van der Waals surface area contributed by atoms with Gasteiger partial charge in [0.25, 0.3) is 0 Å². The largest absolute Gasteiger partial charge is 0.299 e. The highest BCUT2D eigenvalue weighted by Crippen LogP contribution is 2.21. The summed E-state index contributed by atoms with van der Waals surface area (Å²) in [4.78, 5) is 2.55. The van der Waals surface area contributed by atoms with Gasteiger partial charge in [-0.1, -0.05) is 36.4 Å². The summed E-state index contributed by atoms with van der Waals surface area (Å²) >= 11 is 0. The second kappa shape index (κ2) is 5.13. The molecule has 1 atom stereocenters. The fourth-order valence-corrected chi connectivity index (χ4v) is 2.33. The molecule has 2 rings (SSSR count). The number of hydrogen-bond acceptors (Lipinski definition) is 1. The van der Waals surface area contributed by atoms with Crippen LogP contribution in [-0.4, -0.2) is 18.0 Å². The molecule has 0 N–H and O–H groups in total. The SMILES string of the molecule is C=CCC1CCN(Cc2ccccc2)C1. The first-order chi connectivity index (χ1) is 7.38. The van der Waals surface area contributed by atoms with Crippen LogP contribution in [0.2, 0.25) is 0 Å². The summed E-state index contributed by atoms with van der Waals surface area (Å²) in [5, 5.41) is 0. The molecule has 0 radical (unpaired) electrons. The molecule has 0 spiro atoms. The molecule has 15 heavy (non-hydrogen) atoms. The third kappa shape index (κ3) is 2.93. The number of likely N-dealkylation sites (tertiary alicyclic amines) is 1. The van der Waals surface area contributed by atoms with Crippen molar-refractivity contribution in [2.45, 2.75) is 19.4 Å². The van der Waals surface area contributed by atoms with E-state index in [-0.39, 0.29) is 0 Å². The van der Waals surface area contributed by atoms with Crippen molar-refractivity contribution in [3.63, 3.8) is 0 Å². The Morgan fingerprint density at radius 2 is 2.13 bits per heavy atom. The van der Waals surface area contributed by atoms with Gasteiger partial charge < -0.3 is 0 Å². The molecule has 0 amide bonds. The molecule has 1 fully saturated rings. The van der Waals surface area contributed by atoms with Gasteiger partial charge in [0.15, 0.2) is 0 Å².